The molecule has 104 valence electrons. The molecule has 0 bridgehead atoms. The quantitative estimate of drug-likeness (QED) is 0.908. The van der Waals surface area contributed by atoms with Gasteiger partial charge in [0.05, 0.1) is 5.92 Å². The molecule has 0 saturated heterocycles. The molecule has 1 aromatic carbocycles. The van der Waals surface area contributed by atoms with Gasteiger partial charge < -0.3 is 10.6 Å². The molecular weight excluding hydrogens is 236 g/mol. The zero-order chi connectivity index (χ0) is 13.8. The molecule has 2 rings (SSSR count). The van der Waals surface area contributed by atoms with E-state index in [1.54, 1.807) is 0 Å². The van der Waals surface area contributed by atoms with Gasteiger partial charge in [0, 0.05) is 18.3 Å². The Morgan fingerprint density at radius 2 is 2.11 bits per heavy atom. The Bertz CT molecular complexity index is 444. The smallest absolute Gasteiger partial charge is 0.231 e. The van der Waals surface area contributed by atoms with Gasteiger partial charge in [-0.15, -0.1) is 0 Å². The Labute approximate surface area is 115 Å². The van der Waals surface area contributed by atoms with Crippen molar-refractivity contribution in [1.29, 1.82) is 0 Å². The Hall–Kier alpha value is -1.35. The molecule has 1 aliphatic rings. The molecule has 2 unspecified atom stereocenters. The fraction of sp³-hybridized carbons (Fsp3) is 0.562. The van der Waals surface area contributed by atoms with E-state index in [-0.39, 0.29) is 17.9 Å². The molecule has 3 heteroatoms. The SMILES string of the molecule is CCN(C(=O)C1CCCCC1N)c1cccc(C)c1. The first-order valence-electron chi connectivity index (χ1n) is 7.27. The minimum Gasteiger partial charge on any atom is -0.327 e. The largest absolute Gasteiger partial charge is 0.327 e. The second kappa shape index (κ2) is 6.20. The normalized spacial score (nSPS) is 23.1. The number of anilines is 1. The van der Waals surface area contributed by atoms with E-state index in [9.17, 15) is 4.79 Å². The van der Waals surface area contributed by atoms with Crippen LogP contribution in [-0.4, -0.2) is 18.5 Å². The lowest BCUT2D eigenvalue weighted by molar-refractivity contribution is -0.123. The maximum Gasteiger partial charge on any atom is 0.231 e. The van der Waals surface area contributed by atoms with Crippen molar-refractivity contribution in [2.24, 2.45) is 11.7 Å². The number of rotatable bonds is 3. The van der Waals surface area contributed by atoms with Crippen LogP contribution in [0.25, 0.3) is 0 Å². The highest BCUT2D eigenvalue weighted by molar-refractivity contribution is 5.95. The summed E-state index contributed by atoms with van der Waals surface area (Å²) in [5, 5.41) is 0. The molecule has 0 radical (unpaired) electrons. The van der Waals surface area contributed by atoms with Gasteiger partial charge in [-0.2, -0.15) is 0 Å². The predicted octanol–water partition coefficient (Wildman–Crippen LogP) is 2.87. The van der Waals surface area contributed by atoms with Crippen LogP contribution >= 0.6 is 0 Å². The first-order valence-corrected chi connectivity index (χ1v) is 7.27. The Morgan fingerprint density at radius 1 is 1.37 bits per heavy atom. The highest BCUT2D eigenvalue weighted by Gasteiger charge is 2.31. The summed E-state index contributed by atoms with van der Waals surface area (Å²) in [6.07, 6.45) is 4.18. The minimum atomic E-state index is -0.00536. The number of nitrogens with two attached hydrogens (primary N) is 1. The van der Waals surface area contributed by atoms with E-state index >= 15 is 0 Å². The van der Waals surface area contributed by atoms with Crippen LogP contribution in [0.2, 0.25) is 0 Å². The van der Waals surface area contributed by atoms with Gasteiger partial charge in [-0.1, -0.05) is 25.0 Å². The lowest BCUT2D eigenvalue weighted by Crippen LogP contribution is -2.45. The van der Waals surface area contributed by atoms with Gasteiger partial charge in [-0.3, -0.25) is 4.79 Å². The molecule has 2 atom stereocenters. The average molecular weight is 260 g/mol. The van der Waals surface area contributed by atoms with Gasteiger partial charge in [-0.25, -0.2) is 0 Å². The van der Waals surface area contributed by atoms with Crippen LogP contribution < -0.4 is 10.6 Å². The van der Waals surface area contributed by atoms with Crippen LogP contribution in [0.1, 0.15) is 38.2 Å². The minimum absolute atomic E-state index is 0.00536. The van der Waals surface area contributed by atoms with E-state index in [0.29, 0.717) is 6.54 Å². The number of nitrogens with zero attached hydrogens (tertiary/aromatic N) is 1. The van der Waals surface area contributed by atoms with Crippen molar-refractivity contribution in [3.05, 3.63) is 29.8 Å². The number of aryl methyl sites for hydroxylation is 1. The van der Waals surface area contributed by atoms with Crippen molar-refractivity contribution in [2.45, 2.75) is 45.6 Å². The predicted molar refractivity (Wildman–Crippen MR) is 79.1 cm³/mol. The second-order valence-electron chi connectivity index (χ2n) is 5.48. The summed E-state index contributed by atoms with van der Waals surface area (Å²) in [5.41, 5.74) is 8.30. The van der Waals surface area contributed by atoms with Crippen LogP contribution in [0.5, 0.6) is 0 Å². The fourth-order valence-corrected chi connectivity index (χ4v) is 2.93. The summed E-state index contributed by atoms with van der Waals surface area (Å²) < 4.78 is 0. The van der Waals surface area contributed by atoms with Gasteiger partial charge in [0.15, 0.2) is 0 Å². The highest BCUT2D eigenvalue weighted by Crippen LogP contribution is 2.27. The van der Waals surface area contributed by atoms with Crippen LogP contribution in [-0.2, 0) is 4.79 Å². The second-order valence-corrected chi connectivity index (χ2v) is 5.48. The number of carbonyl (C=O) groups is 1. The lowest BCUT2D eigenvalue weighted by atomic mass is 9.84. The number of carbonyl (C=O) groups excluding carboxylic acids is 1. The maximum atomic E-state index is 12.7. The van der Waals surface area contributed by atoms with Gasteiger partial charge >= 0.3 is 0 Å². The van der Waals surface area contributed by atoms with Gasteiger partial charge in [0.2, 0.25) is 5.91 Å². The molecule has 19 heavy (non-hydrogen) atoms. The molecule has 2 N–H and O–H groups in total. The van der Waals surface area contributed by atoms with E-state index in [4.69, 9.17) is 5.73 Å². The molecule has 1 aliphatic carbocycles. The van der Waals surface area contributed by atoms with E-state index in [1.165, 1.54) is 5.56 Å². The van der Waals surface area contributed by atoms with Gasteiger partial charge in [0.1, 0.15) is 0 Å². The van der Waals surface area contributed by atoms with Gasteiger partial charge in [-0.05, 0) is 44.4 Å². The lowest BCUT2D eigenvalue weighted by Gasteiger charge is -2.32. The number of amides is 1. The van der Waals surface area contributed by atoms with E-state index < -0.39 is 0 Å². The third-order valence-electron chi connectivity index (χ3n) is 4.03. The van der Waals surface area contributed by atoms with Crippen molar-refractivity contribution in [2.75, 3.05) is 11.4 Å². The Kier molecular flexibility index (Phi) is 4.59. The van der Waals surface area contributed by atoms with Crippen molar-refractivity contribution in [3.8, 4) is 0 Å². The summed E-state index contributed by atoms with van der Waals surface area (Å²) in [6.45, 7) is 4.77. The topological polar surface area (TPSA) is 46.3 Å². The monoisotopic (exact) mass is 260 g/mol. The van der Waals surface area contributed by atoms with Gasteiger partial charge in [0.25, 0.3) is 0 Å². The number of hydrogen-bond donors (Lipinski definition) is 1. The number of hydrogen-bond acceptors (Lipinski definition) is 2. The molecule has 1 fully saturated rings. The first-order chi connectivity index (χ1) is 9.13. The van der Waals surface area contributed by atoms with Crippen molar-refractivity contribution in [1.82, 2.24) is 0 Å². The summed E-state index contributed by atoms with van der Waals surface area (Å²) in [6, 6.07) is 8.15. The van der Waals surface area contributed by atoms with E-state index in [0.717, 1.165) is 31.4 Å². The standard InChI is InChI=1S/C16H24N2O/c1-3-18(13-8-6-7-12(2)11-13)16(19)14-9-4-5-10-15(14)17/h6-8,11,14-15H,3-5,9-10,17H2,1-2H3. The molecule has 0 heterocycles. The molecule has 0 aromatic heterocycles. The average Bonchev–Trinajstić information content (AvgIpc) is 2.40. The van der Waals surface area contributed by atoms with Crippen LogP contribution in [0, 0.1) is 12.8 Å². The molecule has 1 amide bonds. The molecule has 0 spiro atoms. The fourth-order valence-electron chi connectivity index (χ4n) is 2.93. The third-order valence-corrected chi connectivity index (χ3v) is 4.03. The highest BCUT2D eigenvalue weighted by atomic mass is 16.2. The van der Waals surface area contributed by atoms with Crippen LogP contribution in [0.15, 0.2) is 24.3 Å². The zero-order valence-corrected chi connectivity index (χ0v) is 11.9. The summed E-state index contributed by atoms with van der Waals surface area (Å²) in [4.78, 5) is 14.6. The summed E-state index contributed by atoms with van der Waals surface area (Å²) in [7, 11) is 0. The maximum absolute atomic E-state index is 12.7. The van der Waals surface area contributed by atoms with Crippen LogP contribution in [0.3, 0.4) is 0 Å². The summed E-state index contributed by atoms with van der Waals surface area (Å²) in [5.74, 6) is 0.189. The molecule has 3 nitrogen and oxygen atoms in total. The molecular formula is C16H24N2O. The molecule has 1 aromatic rings. The van der Waals surface area contributed by atoms with E-state index in [2.05, 4.69) is 6.07 Å². The zero-order valence-electron chi connectivity index (χ0n) is 11.9. The van der Waals surface area contributed by atoms with Crippen molar-refractivity contribution >= 4 is 11.6 Å². The number of benzene rings is 1. The first kappa shape index (κ1) is 14.1. The Balaban J connectivity index is 2.19. The summed E-state index contributed by atoms with van der Waals surface area (Å²) >= 11 is 0. The van der Waals surface area contributed by atoms with Crippen LogP contribution in [0.4, 0.5) is 5.69 Å². The van der Waals surface area contributed by atoms with E-state index in [1.807, 2.05) is 36.9 Å². The third kappa shape index (κ3) is 3.16. The van der Waals surface area contributed by atoms with Crippen molar-refractivity contribution in [3.63, 3.8) is 0 Å². The molecule has 1 saturated carbocycles. The molecule has 0 aliphatic heterocycles. The Morgan fingerprint density at radius 3 is 2.74 bits per heavy atom. The van der Waals surface area contributed by atoms with Crippen molar-refractivity contribution < 1.29 is 4.79 Å².